The molecule has 0 amide bonds. The molecule has 0 aromatic rings. The van der Waals surface area contributed by atoms with Gasteiger partial charge in [-0.05, 0) is 12.8 Å². The maximum Gasteiger partial charge on any atom is 0.151 e. The van der Waals surface area contributed by atoms with E-state index in [2.05, 4.69) is 0 Å². The second-order valence-electron chi connectivity index (χ2n) is 2.68. The Hall–Kier alpha value is -0.860. The zero-order valence-electron chi connectivity index (χ0n) is 6.71. The summed E-state index contributed by atoms with van der Waals surface area (Å²) in [5.41, 5.74) is 0. The third-order valence-corrected chi connectivity index (χ3v) is 1.95. The number of hydrogen-bond acceptors (Lipinski definition) is 2. The Morgan fingerprint density at radius 2 is 1.82 bits per heavy atom. The molecule has 3 nitrogen and oxygen atoms in total. The van der Waals surface area contributed by atoms with E-state index < -0.39 is 0 Å². The second-order valence-corrected chi connectivity index (χ2v) is 2.68. The largest absolute Gasteiger partial charge is 0.626 e. The van der Waals surface area contributed by atoms with Gasteiger partial charge in [-0.15, -0.1) is 0 Å². The van der Waals surface area contributed by atoms with Gasteiger partial charge < -0.3 is 10.0 Å². The van der Waals surface area contributed by atoms with Crippen LogP contribution in [0.3, 0.4) is 0 Å². The Labute approximate surface area is 67.1 Å². The van der Waals surface area contributed by atoms with E-state index in [4.69, 9.17) is 4.79 Å². The smallest absolute Gasteiger partial charge is 0.151 e. The quantitative estimate of drug-likeness (QED) is 0.332. The maximum atomic E-state index is 9.89. The van der Waals surface area contributed by atoms with E-state index in [0.29, 0.717) is 5.92 Å². The van der Waals surface area contributed by atoms with E-state index in [1.807, 2.05) is 11.9 Å². The highest BCUT2D eigenvalue weighted by molar-refractivity contribution is 5.54. The molecule has 1 aliphatic rings. The molecule has 0 heterocycles. The van der Waals surface area contributed by atoms with Gasteiger partial charge in [-0.1, -0.05) is 19.3 Å². The second kappa shape index (κ2) is 7.25. The van der Waals surface area contributed by atoms with Crippen LogP contribution in [0.2, 0.25) is 0 Å². The van der Waals surface area contributed by atoms with Crippen LogP contribution in [0.15, 0.2) is 0 Å². The molecule has 0 aliphatic heterocycles. The molecule has 1 saturated carbocycles. The molecule has 1 fully saturated rings. The Kier molecular flexibility index (Phi) is 6.68. The summed E-state index contributed by atoms with van der Waals surface area (Å²) in [6.45, 7) is 2.00. The van der Waals surface area contributed by atoms with Crippen molar-refractivity contribution >= 4 is 13.0 Å². The van der Waals surface area contributed by atoms with Crippen LogP contribution < -0.4 is 5.16 Å². The summed E-state index contributed by atoms with van der Waals surface area (Å²) in [6, 6.07) is 0. The first-order valence-corrected chi connectivity index (χ1v) is 3.93. The highest BCUT2D eigenvalue weighted by Crippen LogP contribution is 2.20. The van der Waals surface area contributed by atoms with Crippen molar-refractivity contribution in [3.8, 4) is 0 Å². The molecule has 64 valence electrons. The molecule has 0 unspecified atom stereocenters. The van der Waals surface area contributed by atoms with Gasteiger partial charge in [0.25, 0.3) is 0 Å². The fraction of sp³-hybridized carbons (Fsp3) is 0.750. The summed E-state index contributed by atoms with van der Waals surface area (Å²) in [5.74, 6) is 0.552. The maximum absolute atomic E-state index is 9.89. The lowest BCUT2D eigenvalue weighted by Crippen LogP contribution is -2.61. The average Bonchev–Trinajstić information content (AvgIpc) is 2.11. The van der Waals surface area contributed by atoms with Crippen LogP contribution in [0.1, 0.15) is 32.1 Å². The molecular weight excluding hydrogens is 142 g/mol. The summed E-state index contributed by atoms with van der Waals surface area (Å²) in [6.07, 6.45) is 8.03. The molecule has 11 heavy (non-hydrogen) atoms. The summed E-state index contributed by atoms with van der Waals surface area (Å²) in [5, 5.41) is 11.8. The third kappa shape index (κ3) is 4.53. The van der Waals surface area contributed by atoms with Gasteiger partial charge in [0.2, 0.25) is 0 Å². The van der Waals surface area contributed by atoms with Crippen LogP contribution >= 0.6 is 0 Å². The normalized spacial score (nSPS) is 19.3. The Bertz CT molecular complexity index is 109. The predicted octanol–water partition coefficient (Wildman–Crippen LogP) is 0.0310. The number of hydrogen-bond donors (Lipinski definition) is 1. The zero-order chi connectivity index (χ0) is 8.53. The molecular formula is C8H15NO2. The summed E-state index contributed by atoms with van der Waals surface area (Å²) < 4.78 is 0. The van der Waals surface area contributed by atoms with Crippen LogP contribution in [-0.2, 0) is 4.79 Å². The molecule has 0 aromatic heterocycles. The van der Waals surface area contributed by atoms with Crippen molar-refractivity contribution in [3.63, 3.8) is 0 Å². The van der Waals surface area contributed by atoms with E-state index >= 15 is 0 Å². The SMILES string of the molecule is C=O.[O-][NH+]=CC1CCCCC1. The topological polar surface area (TPSA) is 54.1 Å². The zero-order valence-corrected chi connectivity index (χ0v) is 6.71. The summed E-state index contributed by atoms with van der Waals surface area (Å²) in [4.78, 5) is 8.00. The Balaban J connectivity index is 0.000000461. The van der Waals surface area contributed by atoms with Crippen LogP contribution in [0, 0.1) is 11.1 Å². The van der Waals surface area contributed by atoms with Crippen LogP contribution in [0.25, 0.3) is 0 Å². The monoisotopic (exact) mass is 157 g/mol. The average molecular weight is 157 g/mol. The van der Waals surface area contributed by atoms with Gasteiger partial charge in [-0.25, -0.2) is 5.16 Å². The minimum Gasteiger partial charge on any atom is -0.626 e. The van der Waals surface area contributed by atoms with Crippen molar-refractivity contribution < 1.29 is 9.95 Å². The molecule has 0 spiro atoms. The number of rotatable bonds is 1. The molecule has 1 aliphatic carbocycles. The highest BCUT2D eigenvalue weighted by atomic mass is 16.4. The minimum atomic E-state index is 0.552. The van der Waals surface area contributed by atoms with Gasteiger partial charge in [0.1, 0.15) is 6.79 Å². The Morgan fingerprint density at radius 1 is 1.27 bits per heavy atom. The van der Waals surface area contributed by atoms with E-state index in [0.717, 1.165) is 0 Å². The van der Waals surface area contributed by atoms with Crippen molar-refractivity contribution in [2.24, 2.45) is 5.92 Å². The first-order valence-electron chi connectivity index (χ1n) is 3.93. The van der Waals surface area contributed by atoms with Gasteiger partial charge in [-0.3, -0.25) is 0 Å². The van der Waals surface area contributed by atoms with Crippen LogP contribution in [0.4, 0.5) is 0 Å². The molecule has 0 atom stereocenters. The molecule has 1 rings (SSSR count). The molecule has 0 bridgehead atoms. The fourth-order valence-electron chi connectivity index (χ4n) is 1.40. The van der Waals surface area contributed by atoms with Crippen LogP contribution in [0.5, 0.6) is 0 Å². The van der Waals surface area contributed by atoms with E-state index in [-0.39, 0.29) is 0 Å². The lowest BCUT2D eigenvalue weighted by molar-refractivity contribution is -0.370. The molecule has 0 aromatic carbocycles. The van der Waals surface area contributed by atoms with Gasteiger partial charge in [0.15, 0.2) is 6.21 Å². The van der Waals surface area contributed by atoms with Crippen molar-refractivity contribution in [2.75, 3.05) is 0 Å². The van der Waals surface area contributed by atoms with Gasteiger partial charge in [0, 0.05) is 5.92 Å². The number of carbonyl (C=O) groups is 1. The first kappa shape index (κ1) is 10.1. The standard InChI is InChI=1S/C7H13NO.CH2O/c9-8-6-7-4-2-1-3-5-7;1-2/h6-8H,1-5H2;1H2. The van der Waals surface area contributed by atoms with E-state index in [1.54, 1.807) is 6.21 Å². The number of carbonyl (C=O) groups excluding carboxylic acids is 1. The van der Waals surface area contributed by atoms with Crippen LogP contribution in [-0.4, -0.2) is 13.0 Å². The van der Waals surface area contributed by atoms with Crippen molar-refractivity contribution in [3.05, 3.63) is 5.21 Å². The number of nitrogens with one attached hydrogen (secondary N) is 1. The van der Waals surface area contributed by atoms with Gasteiger partial charge >= 0.3 is 0 Å². The lowest BCUT2D eigenvalue weighted by atomic mass is 9.90. The molecule has 3 heteroatoms. The molecule has 0 radical (unpaired) electrons. The predicted molar refractivity (Wildman–Crippen MR) is 44.1 cm³/mol. The summed E-state index contributed by atoms with van der Waals surface area (Å²) in [7, 11) is 0. The minimum absolute atomic E-state index is 0.552. The van der Waals surface area contributed by atoms with Crippen molar-refractivity contribution in [1.29, 1.82) is 0 Å². The molecule has 0 saturated heterocycles. The Morgan fingerprint density at radius 3 is 2.27 bits per heavy atom. The third-order valence-electron chi connectivity index (χ3n) is 1.95. The lowest BCUT2D eigenvalue weighted by Gasteiger charge is -2.14. The van der Waals surface area contributed by atoms with E-state index in [1.165, 1.54) is 32.1 Å². The van der Waals surface area contributed by atoms with E-state index in [9.17, 15) is 5.21 Å². The van der Waals surface area contributed by atoms with Crippen molar-refractivity contribution in [2.45, 2.75) is 32.1 Å². The van der Waals surface area contributed by atoms with Crippen molar-refractivity contribution in [1.82, 2.24) is 0 Å². The highest BCUT2D eigenvalue weighted by Gasteiger charge is 2.11. The first-order chi connectivity index (χ1) is 5.43. The molecule has 1 N–H and O–H groups in total. The fourth-order valence-corrected chi connectivity index (χ4v) is 1.40. The summed E-state index contributed by atoms with van der Waals surface area (Å²) >= 11 is 0. The van der Waals surface area contributed by atoms with Gasteiger partial charge in [-0.2, -0.15) is 0 Å². The van der Waals surface area contributed by atoms with Gasteiger partial charge in [0.05, 0.1) is 0 Å².